The van der Waals surface area contributed by atoms with Gasteiger partial charge in [0.15, 0.2) is 0 Å². The summed E-state index contributed by atoms with van der Waals surface area (Å²) < 4.78 is 65.5. The van der Waals surface area contributed by atoms with Crippen molar-refractivity contribution in [2.24, 2.45) is 0 Å². The van der Waals surface area contributed by atoms with Gasteiger partial charge in [-0.1, -0.05) is 25.7 Å². The number of rotatable bonds is 12. The Morgan fingerprint density at radius 2 is 1.56 bits per heavy atom. The van der Waals surface area contributed by atoms with Crippen LogP contribution in [0.1, 0.15) is 69.9 Å². The Kier molecular flexibility index (Phi) is 10.3. The largest absolute Gasteiger partial charge is 0.417 e. The zero-order valence-corrected chi connectivity index (χ0v) is 23.2. The summed E-state index contributed by atoms with van der Waals surface area (Å²) in [5.74, 6) is -1.12. The number of benzene rings is 1. The molecule has 1 saturated heterocycles. The van der Waals surface area contributed by atoms with E-state index in [2.05, 4.69) is 4.90 Å². The summed E-state index contributed by atoms with van der Waals surface area (Å²) in [6, 6.07) is 4.34. The number of halogens is 3. The van der Waals surface area contributed by atoms with Crippen molar-refractivity contribution in [2.45, 2.75) is 65.0 Å². The number of sulfonamides is 1. The van der Waals surface area contributed by atoms with Gasteiger partial charge in [0.1, 0.15) is 0 Å². The molecule has 0 radical (unpaired) electrons. The molecule has 2 aliphatic rings. The quantitative estimate of drug-likeness (QED) is 0.273. The number of carbonyl (C=O) groups excluding carboxylic acids is 2. The molecule has 2 amide bonds. The molecule has 8 nitrogen and oxygen atoms in total. The summed E-state index contributed by atoms with van der Waals surface area (Å²) in [5.41, 5.74) is -1.38. The fourth-order valence-corrected chi connectivity index (χ4v) is 6.06. The number of hydrogen-bond donors (Lipinski definition) is 0. The number of nitriles is 1. The van der Waals surface area contributed by atoms with E-state index in [-0.39, 0.29) is 17.0 Å². The van der Waals surface area contributed by atoms with Crippen LogP contribution in [-0.4, -0.2) is 67.9 Å². The normalized spacial score (nSPS) is 17.8. The molecule has 1 aromatic rings. The van der Waals surface area contributed by atoms with E-state index in [4.69, 9.17) is 5.26 Å². The molecule has 0 N–H and O–H groups in total. The summed E-state index contributed by atoms with van der Waals surface area (Å²) in [5, 5.41) is 8.99. The van der Waals surface area contributed by atoms with E-state index >= 15 is 0 Å². The smallest absolute Gasteiger partial charge is 0.301 e. The standard InChI is InChI=1S/C27H35F3N4O4S/c1-3-39(37,38)33-16-14-32(15-17-33)13-9-7-5-4-6-8-10-23-20(2)25(35)34(26(23)36)22-12-11-21(19-31)24(18-22)27(28,29)30/h11-12,18H,3-10,13-17H2,1-2H3. The molecule has 214 valence electrons. The van der Waals surface area contributed by atoms with Crippen molar-refractivity contribution in [3.8, 4) is 6.07 Å². The first-order valence-electron chi connectivity index (χ1n) is 13.3. The van der Waals surface area contributed by atoms with Crippen LogP contribution in [0.3, 0.4) is 0 Å². The lowest BCUT2D eigenvalue weighted by Crippen LogP contribution is -2.49. The Bertz CT molecular complexity index is 1250. The van der Waals surface area contributed by atoms with Crippen molar-refractivity contribution < 1.29 is 31.2 Å². The predicted octanol–water partition coefficient (Wildman–Crippen LogP) is 4.46. The predicted molar refractivity (Wildman–Crippen MR) is 141 cm³/mol. The van der Waals surface area contributed by atoms with Crippen LogP contribution < -0.4 is 4.90 Å². The first kappa shape index (κ1) is 30.8. The molecule has 39 heavy (non-hydrogen) atoms. The highest BCUT2D eigenvalue weighted by Gasteiger charge is 2.39. The van der Waals surface area contributed by atoms with Crippen molar-refractivity contribution in [1.82, 2.24) is 9.21 Å². The molecule has 0 atom stereocenters. The van der Waals surface area contributed by atoms with E-state index in [9.17, 15) is 31.2 Å². The van der Waals surface area contributed by atoms with Gasteiger partial charge >= 0.3 is 6.18 Å². The molecule has 0 unspecified atom stereocenters. The maximum atomic E-state index is 13.4. The number of unbranched alkanes of at least 4 members (excludes halogenated alkanes) is 5. The summed E-state index contributed by atoms with van der Waals surface area (Å²) >= 11 is 0. The topological polar surface area (TPSA) is 102 Å². The minimum Gasteiger partial charge on any atom is -0.301 e. The number of imide groups is 1. The SMILES string of the molecule is CCS(=O)(=O)N1CCN(CCCCCCCCC2=C(C)C(=O)N(c3ccc(C#N)c(C(F)(F)F)c3)C2=O)CC1. The van der Waals surface area contributed by atoms with Gasteiger partial charge in [-0.2, -0.15) is 22.7 Å². The third kappa shape index (κ3) is 7.47. The minimum atomic E-state index is -4.79. The molecule has 1 fully saturated rings. The van der Waals surface area contributed by atoms with Crippen LogP contribution in [0, 0.1) is 11.3 Å². The Morgan fingerprint density at radius 1 is 0.949 bits per heavy atom. The van der Waals surface area contributed by atoms with Crippen molar-refractivity contribution in [2.75, 3.05) is 43.4 Å². The monoisotopic (exact) mass is 568 g/mol. The van der Waals surface area contributed by atoms with Crippen LogP contribution in [0.5, 0.6) is 0 Å². The van der Waals surface area contributed by atoms with Gasteiger partial charge in [-0.05, 0) is 57.9 Å². The van der Waals surface area contributed by atoms with Crippen LogP contribution in [0.4, 0.5) is 18.9 Å². The van der Waals surface area contributed by atoms with Crippen LogP contribution in [0.25, 0.3) is 0 Å². The molecule has 0 aromatic heterocycles. The second-order valence-electron chi connectivity index (χ2n) is 9.90. The zero-order valence-electron chi connectivity index (χ0n) is 22.4. The van der Waals surface area contributed by atoms with Crippen LogP contribution in [0.15, 0.2) is 29.3 Å². The number of nitrogens with zero attached hydrogens (tertiary/aromatic N) is 4. The Balaban J connectivity index is 1.40. The maximum Gasteiger partial charge on any atom is 0.417 e. The van der Waals surface area contributed by atoms with Crippen molar-refractivity contribution in [3.63, 3.8) is 0 Å². The fraction of sp³-hybridized carbons (Fsp3) is 0.593. The summed E-state index contributed by atoms with van der Waals surface area (Å²) in [6.07, 6.45) is 1.19. The van der Waals surface area contributed by atoms with Gasteiger partial charge in [0.25, 0.3) is 11.8 Å². The van der Waals surface area contributed by atoms with E-state index in [1.54, 1.807) is 11.2 Å². The number of alkyl halides is 3. The molecular formula is C27H35F3N4O4S. The molecule has 1 aromatic carbocycles. The second kappa shape index (κ2) is 13.1. The molecule has 0 saturated carbocycles. The van der Waals surface area contributed by atoms with Gasteiger partial charge in [0.2, 0.25) is 10.0 Å². The highest BCUT2D eigenvalue weighted by Crippen LogP contribution is 2.37. The lowest BCUT2D eigenvalue weighted by Gasteiger charge is -2.33. The maximum absolute atomic E-state index is 13.4. The average molecular weight is 569 g/mol. The van der Waals surface area contributed by atoms with Gasteiger partial charge in [-0.15, -0.1) is 0 Å². The molecule has 0 aliphatic carbocycles. The van der Waals surface area contributed by atoms with Crippen molar-refractivity contribution >= 4 is 27.5 Å². The Hall–Kier alpha value is -2.75. The first-order valence-corrected chi connectivity index (χ1v) is 14.9. The molecule has 2 heterocycles. The number of anilines is 1. The van der Waals surface area contributed by atoms with Gasteiger partial charge in [0.05, 0.1) is 28.6 Å². The molecule has 0 spiro atoms. The number of amides is 2. The number of hydrogen-bond acceptors (Lipinski definition) is 6. The summed E-state index contributed by atoms with van der Waals surface area (Å²) in [7, 11) is -3.12. The fourth-order valence-electron chi connectivity index (χ4n) is 4.97. The van der Waals surface area contributed by atoms with Crippen LogP contribution in [0.2, 0.25) is 0 Å². The minimum absolute atomic E-state index is 0.131. The van der Waals surface area contributed by atoms with E-state index in [1.165, 1.54) is 19.1 Å². The van der Waals surface area contributed by atoms with E-state index in [0.29, 0.717) is 37.6 Å². The average Bonchev–Trinajstić information content (AvgIpc) is 3.12. The van der Waals surface area contributed by atoms with Gasteiger partial charge in [-0.3, -0.25) is 9.59 Å². The third-order valence-corrected chi connectivity index (χ3v) is 9.25. The zero-order chi connectivity index (χ0) is 28.8. The van der Waals surface area contributed by atoms with E-state index < -0.39 is 39.1 Å². The van der Waals surface area contributed by atoms with E-state index in [1.807, 2.05) is 0 Å². The Labute approximate surface area is 228 Å². The molecule has 2 aliphatic heterocycles. The molecule has 12 heteroatoms. The lowest BCUT2D eigenvalue weighted by atomic mass is 10.0. The summed E-state index contributed by atoms with van der Waals surface area (Å²) in [4.78, 5) is 28.7. The van der Waals surface area contributed by atoms with Gasteiger partial charge < -0.3 is 4.90 Å². The first-order chi connectivity index (χ1) is 18.4. The molecule has 0 bridgehead atoms. The number of carbonyl (C=O) groups is 2. The van der Waals surface area contributed by atoms with Gasteiger partial charge in [-0.25, -0.2) is 13.3 Å². The van der Waals surface area contributed by atoms with E-state index in [0.717, 1.165) is 62.7 Å². The van der Waals surface area contributed by atoms with Crippen LogP contribution >= 0.6 is 0 Å². The molecular weight excluding hydrogens is 533 g/mol. The molecule has 3 rings (SSSR count). The summed E-state index contributed by atoms with van der Waals surface area (Å²) in [6.45, 7) is 6.69. The number of piperazine rings is 1. The highest BCUT2D eigenvalue weighted by atomic mass is 32.2. The third-order valence-electron chi connectivity index (χ3n) is 7.37. The lowest BCUT2D eigenvalue weighted by molar-refractivity contribution is -0.138. The van der Waals surface area contributed by atoms with Gasteiger partial charge in [0, 0.05) is 37.3 Å². The van der Waals surface area contributed by atoms with Crippen molar-refractivity contribution in [1.29, 1.82) is 5.26 Å². The van der Waals surface area contributed by atoms with Crippen molar-refractivity contribution in [3.05, 3.63) is 40.5 Å². The Morgan fingerprint density at radius 3 is 2.15 bits per heavy atom. The van der Waals surface area contributed by atoms with Crippen LogP contribution in [-0.2, 0) is 25.8 Å². The second-order valence-corrected chi connectivity index (χ2v) is 12.2. The highest BCUT2D eigenvalue weighted by molar-refractivity contribution is 7.89.